The molecule has 6 heteroatoms. The zero-order valence-corrected chi connectivity index (χ0v) is 16.0. The van der Waals surface area contributed by atoms with Gasteiger partial charge >= 0.3 is 0 Å². The lowest BCUT2D eigenvalue weighted by Crippen LogP contribution is -2.33. The van der Waals surface area contributed by atoms with Crippen molar-refractivity contribution in [3.05, 3.63) is 84.2 Å². The van der Waals surface area contributed by atoms with Gasteiger partial charge < -0.3 is 20.8 Å². The van der Waals surface area contributed by atoms with Crippen molar-refractivity contribution in [2.75, 3.05) is 25.0 Å². The molecule has 3 rings (SSSR count). The van der Waals surface area contributed by atoms with E-state index >= 15 is 0 Å². The van der Waals surface area contributed by atoms with Gasteiger partial charge in [-0.05, 0) is 47.4 Å². The third-order valence-corrected chi connectivity index (χ3v) is 4.32. The number of aromatic hydroxyl groups is 1. The van der Waals surface area contributed by atoms with E-state index in [0.717, 1.165) is 16.7 Å². The summed E-state index contributed by atoms with van der Waals surface area (Å²) in [5, 5.41) is 25.6. The highest BCUT2D eigenvalue weighted by atomic mass is 19.1. The van der Waals surface area contributed by atoms with Crippen LogP contribution in [0.1, 0.15) is 5.56 Å². The van der Waals surface area contributed by atoms with Crippen molar-refractivity contribution in [3.63, 3.8) is 0 Å². The predicted octanol–water partition coefficient (Wildman–Crippen LogP) is 3.79. The first-order chi connectivity index (χ1) is 14.2. The number of hydrogen-bond donors (Lipinski definition) is 4. The number of benzene rings is 3. The molecule has 150 valence electrons. The second kappa shape index (κ2) is 10.2. The average molecular weight is 393 g/mol. The summed E-state index contributed by atoms with van der Waals surface area (Å²) in [6.45, 7) is 0.640. The van der Waals surface area contributed by atoms with Gasteiger partial charge in [0.25, 0.3) is 0 Å². The normalized spacial score (nSPS) is 11.3. The summed E-state index contributed by atoms with van der Waals surface area (Å²) < 4.78 is 13.3. The molecule has 5 nitrogen and oxygen atoms in total. The van der Waals surface area contributed by atoms with Crippen molar-refractivity contribution in [3.8, 4) is 16.9 Å². The van der Waals surface area contributed by atoms with Gasteiger partial charge in [-0.2, -0.15) is 0 Å². The SMILES string of the molecule is OCCN=C(NCCc1cccc(F)c1)Nc1cc(-c2ccccc2)ccc1O. The molecule has 0 bridgehead atoms. The molecule has 0 aromatic heterocycles. The molecule has 0 aliphatic rings. The van der Waals surface area contributed by atoms with Crippen LogP contribution in [0.15, 0.2) is 77.8 Å². The average Bonchev–Trinajstić information content (AvgIpc) is 2.74. The Labute approximate surface area is 169 Å². The van der Waals surface area contributed by atoms with Crippen LogP contribution in [0.4, 0.5) is 10.1 Å². The van der Waals surface area contributed by atoms with Crippen molar-refractivity contribution < 1.29 is 14.6 Å². The number of hydrogen-bond acceptors (Lipinski definition) is 3. The highest BCUT2D eigenvalue weighted by Gasteiger charge is 2.08. The summed E-state index contributed by atoms with van der Waals surface area (Å²) in [6, 6.07) is 21.6. The molecule has 29 heavy (non-hydrogen) atoms. The van der Waals surface area contributed by atoms with Crippen LogP contribution in [0.25, 0.3) is 11.1 Å². The number of nitrogens with zero attached hydrogens (tertiary/aromatic N) is 1. The Morgan fingerprint density at radius 2 is 1.76 bits per heavy atom. The minimum absolute atomic E-state index is 0.0905. The molecule has 0 aliphatic carbocycles. The van der Waals surface area contributed by atoms with Gasteiger partial charge in [0.15, 0.2) is 5.96 Å². The molecule has 0 radical (unpaired) electrons. The Morgan fingerprint density at radius 3 is 2.52 bits per heavy atom. The van der Waals surface area contributed by atoms with Crippen LogP contribution in [-0.4, -0.2) is 35.9 Å². The summed E-state index contributed by atoms with van der Waals surface area (Å²) in [5.74, 6) is 0.252. The molecule has 0 aliphatic heterocycles. The molecule has 3 aromatic carbocycles. The van der Waals surface area contributed by atoms with Gasteiger partial charge in [0.05, 0.1) is 18.8 Å². The number of rotatable bonds is 7. The molecule has 0 atom stereocenters. The Hall–Kier alpha value is -3.38. The van der Waals surface area contributed by atoms with E-state index in [2.05, 4.69) is 15.6 Å². The molecular weight excluding hydrogens is 369 g/mol. The molecular formula is C23H24FN3O2. The fourth-order valence-electron chi connectivity index (χ4n) is 2.89. The lowest BCUT2D eigenvalue weighted by atomic mass is 10.0. The van der Waals surface area contributed by atoms with Crippen molar-refractivity contribution in [1.29, 1.82) is 0 Å². The molecule has 4 N–H and O–H groups in total. The van der Waals surface area contributed by atoms with E-state index in [-0.39, 0.29) is 24.7 Å². The van der Waals surface area contributed by atoms with Crippen LogP contribution in [0, 0.1) is 5.82 Å². The molecule has 0 amide bonds. The van der Waals surface area contributed by atoms with Crippen LogP contribution in [0.2, 0.25) is 0 Å². The van der Waals surface area contributed by atoms with Crippen LogP contribution in [0.5, 0.6) is 5.75 Å². The van der Waals surface area contributed by atoms with Gasteiger partial charge in [0.2, 0.25) is 0 Å². The first kappa shape index (κ1) is 20.4. The third-order valence-electron chi connectivity index (χ3n) is 4.32. The van der Waals surface area contributed by atoms with E-state index < -0.39 is 0 Å². The fourth-order valence-corrected chi connectivity index (χ4v) is 2.89. The van der Waals surface area contributed by atoms with E-state index in [9.17, 15) is 9.50 Å². The van der Waals surface area contributed by atoms with Crippen LogP contribution >= 0.6 is 0 Å². The van der Waals surface area contributed by atoms with Crippen molar-refractivity contribution in [2.24, 2.45) is 4.99 Å². The minimum atomic E-state index is -0.266. The number of anilines is 1. The summed E-state index contributed by atoms with van der Waals surface area (Å²) in [7, 11) is 0. The van der Waals surface area contributed by atoms with E-state index in [1.165, 1.54) is 12.1 Å². The molecule has 3 aromatic rings. The third kappa shape index (κ3) is 6.05. The number of halogens is 1. The van der Waals surface area contributed by atoms with E-state index in [0.29, 0.717) is 24.6 Å². The van der Waals surface area contributed by atoms with Crippen LogP contribution in [-0.2, 0) is 6.42 Å². The van der Waals surface area contributed by atoms with Gasteiger partial charge in [-0.1, -0.05) is 48.5 Å². The highest BCUT2D eigenvalue weighted by molar-refractivity contribution is 5.95. The van der Waals surface area contributed by atoms with Gasteiger partial charge in [-0.3, -0.25) is 4.99 Å². The monoisotopic (exact) mass is 393 g/mol. The second-order valence-electron chi connectivity index (χ2n) is 6.48. The molecule has 0 saturated carbocycles. The van der Waals surface area contributed by atoms with Crippen LogP contribution in [0.3, 0.4) is 0 Å². The Bertz CT molecular complexity index is 961. The Balaban J connectivity index is 1.71. The van der Waals surface area contributed by atoms with Gasteiger partial charge in [-0.25, -0.2) is 4.39 Å². The second-order valence-corrected chi connectivity index (χ2v) is 6.48. The zero-order chi connectivity index (χ0) is 20.5. The minimum Gasteiger partial charge on any atom is -0.506 e. The largest absolute Gasteiger partial charge is 0.506 e. The summed E-state index contributed by atoms with van der Waals surface area (Å²) in [4.78, 5) is 4.29. The van der Waals surface area contributed by atoms with Gasteiger partial charge in [-0.15, -0.1) is 0 Å². The lowest BCUT2D eigenvalue weighted by Gasteiger charge is -2.15. The number of aliphatic hydroxyl groups is 1. The fraction of sp³-hybridized carbons (Fsp3) is 0.174. The smallest absolute Gasteiger partial charge is 0.195 e. The maximum Gasteiger partial charge on any atom is 0.195 e. The predicted molar refractivity (Wildman–Crippen MR) is 115 cm³/mol. The van der Waals surface area contributed by atoms with Crippen LogP contribution < -0.4 is 10.6 Å². The number of nitrogens with one attached hydrogen (secondary N) is 2. The lowest BCUT2D eigenvalue weighted by molar-refractivity contribution is 0.306. The van der Waals surface area contributed by atoms with E-state index in [4.69, 9.17) is 5.11 Å². The molecule has 0 saturated heterocycles. The molecule has 0 heterocycles. The molecule has 0 spiro atoms. The molecule has 0 unspecified atom stereocenters. The number of aliphatic hydroxyl groups excluding tert-OH is 1. The van der Waals surface area contributed by atoms with Gasteiger partial charge in [0.1, 0.15) is 11.6 Å². The Morgan fingerprint density at radius 1 is 0.931 bits per heavy atom. The number of phenolic OH excluding ortho intramolecular Hbond substituents is 1. The van der Waals surface area contributed by atoms with Crippen molar-refractivity contribution in [1.82, 2.24) is 5.32 Å². The number of guanidine groups is 1. The first-order valence-corrected chi connectivity index (χ1v) is 9.45. The number of aliphatic imine (C=N–C) groups is 1. The standard InChI is InChI=1S/C23H24FN3O2/c24-20-8-4-5-17(15-20)11-12-25-23(26-13-14-28)27-21-16-19(9-10-22(21)29)18-6-2-1-3-7-18/h1-10,15-16,28-29H,11-14H2,(H2,25,26,27). The quantitative estimate of drug-likeness (QED) is 0.280. The van der Waals surface area contributed by atoms with Crippen molar-refractivity contribution >= 4 is 11.6 Å². The maximum atomic E-state index is 13.3. The molecule has 0 fully saturated rings. The van der Waals surface area contributed by atoms with E-state index in [1.807, 2.05) is 48.5 Å². The van der Waals surface area contributed by atoms with Gasteiger partial charge in [0, 0.05) is 6.54 Å². The van der Waals surface area contributed by atoms with E-state index in [1.54, 1.807) is 12.1 Å². The Kier molecular flexibility index (Phi) is 7.19. The number of phenols is 1. The summed E-state index contributed by atoms with van der Waals surface area (Å²) in [5.41, 5.74) is 3.35. The summed E-state index contributed by atoms with van der Waals surface area (Å²) >= 11 is 0. The maximum absolute atomic E-state index is 13.3. The summed E-state index contributed by atoms with van der Waals surface area (Å²) in [6.07, 6.45) is 0.605. The van der Waals surface area contributed by atoms with Crippen molar-refractivity contribution in [2.45, 2.75) is 6.42 Å². The zero-order valence-electron chi connectivity index (χ0n) is 16.0. The topological polar surface area (TPSA) is 76.9 Å². The highest BCUT2D eigenvalue weighted by Crippen LogP contribution is 2.29. The first-order valence-electron chi connectivity index (χ1n) is 9.45.